The van der Waals surface area contributed by atoms with E-state index in [0.29, 0.717) is 5.69 Å². The molecule has 0 aliphatic rings. The first kappa shape index (κ1) is 14.2. The van der Waals surface area contributed by atoms with Gasteiger partial charge in [0.15, 0.2) is 0 Å². The molecule has 0 aliphatic heterocycles. The molecule has 0 bridgehead atoms. The fourth-order valence-corrected chi connectivity index (χ4v) is 2.30. The van der Waals surface area contributed by atoms with E-state index in [1.165, 1.54) is 36.3 Å². The lowest BCUT2D eigenvalue weighted by atomic mass is 10.4. The topological polar surface area (TPSA) is 65.6 Å². The Hall–Kier alpha value is -2.74. The second-order valence-corrected chi connectivity index (χ2v) is 5.17. The van der Waals surface area contributed by atoms with Crippen LogP contribution in [0.2, 0.25) is 0 Å². The van der Waals surface area contributed by atoms with Gasteiger partial charge in [-0.1, -0.05) is 11.8 Å². The number of nitrogens with zero attached hydrogens (tertiary/aromatic N) is 5. The van der Waals surface area contributed by atoms with Crippen LogP contribution in [-0.2, 0) is 0 Å². The number of rotatable bonds is 4. The van der Waals surface area contributed by atoms with Gasteiger partial charge in [0, 0.05) is 17.3 Å². The summed E-state index contributed by atoms with van der Waals surface area (Å²) in [5, 5.41) is 9.23. The average molecular weight is 315 g/mol. The van der Waals surface area contributed by atoms with Crippen LogP contribution < -0.4 is 5.69 Å². The lowest BCUT2D eigenvalue weighted by Crippen LogP contribution is -2.21. The minimum absolute atomic E-state index is 0.288. The summed E-state index contributed by atoms with van der Waals surface area (Å²) in [5.74, 6) is -0.288. The highest BCUT2D eigenvalue weighted by atomic mass is 32.2. The molecule has 0 spiro atoms. The molecule has 2 aromatic heterocycles. The zero-order valence-corrected chi connectivity index (χ0v) is 12.0. The molecule has 1 aromatic carbocycles. The average Bonchev–Trinajstić information content (AvgIpc) is 2.91. The standard InChI is InChI=1S/C14H10FN5OS/c15-11-3-5-13(6-4-11)22-9-8-19-14(21)20(18-17-19)12-2-1-7-16-10-12/h1-10H/b9-8+. The summed E-state index contributed by atoms with van der Waals surface area (Å²) in [4.78, 5) is 16.9. The van der Waals surface area contributed by atoms with Crippen molar-refractivity contribution in [2.24, 2.45) is 0 Å². The quantitative estimate of drug-likeness (QED) is 0.690. The number of hydrogen-bond donors (Lipinski definition) is 0. The van der Waals surface area contributed by atoms with Crippen LogP contribution in [0.4, 0.5) is 4.39 Å². The second-order valence-electron chi connectivity index (χ2n) is 4.19. The number of thioether (sulfide) groups is 1. The van der Waals surface area contributed by atoms with Gasteiger partial charge in [0.25, 0.3) is 0 Å². The van der Waals surface area contributed by atoms with Gasteiger partial charge in [-0.15, -0.1) is 0 Å². The molecule has 0 radical (unpaired) electrons. The van der Waals surface area contributed by atoms with Crippen LogP contribution in [0, 0.1) is 5.82 Å². The lowest BCUT2D eigenvalue weighted by molar-refractivity contribution is 0.626. The maximum absolute atomic E-state index is 12.8. The summed E-state index contributed by atoms with van der Waals surface area (Å²) in [6, 6.07) is 9.48. The maximum atomic E-state index is 12.8. The number of benzene rings is 1. The van der Waals surface area contributed by atoms with Crippen LogP contribution in [-0.4, -0.2) is 24.8 Å². The Morgan fingerprint density at radius 3 is 2.68 bits per heavy atom. The second kappa shape index (κ2) is 6.35. The summed E-state index contributed by atoms with van der Waals surface area (Å²) >= 11 is 1.34. The fourth-order valence-electron chi connectivity index (χ4n) is 1.67. The van der Waals surface area contributed by atoms with E-state index < -0.39 is 5.69 Å². The third-order valence-electron chi connectivity index (χ3n) is 2.71. The predicted molar refractivity (Wildman–Crippen MR) is 81.0 cm³/mol. The van der Waals surface area contributed by atoms with E-state index in [1.54, 1.807) is 35.9 Å². The molecule has 8 heteroatoms. The molecule has 3 aromatic rings. The van der Waals surface area contributed by atoms with Crippen molar-refractivity contribution < 1.29 is 4.39 Å². The van der Waals surface area contributed by atoms with Gasteiger partial charge in [-0.2, -0.15) is 9.36 Å². The van der Waals surface area contributed by atoms with Crippen molar-refractivity contribution in [3.8, 4) is 5.69 Å². The van der Waals surface area contributed by atoms with Gasteiger partial charge in [-0.3, -0.25) is 4.98 Å². The number of pyridine rings is 1. The zero-order valence-electron chi connectivity index (χ0n) is 11.2. The molecule has 0 unspecified atom stereocenters. The molecule has 22 heavy (non-hydrogen) atoms. The van der Waals surface area contributed by atoms with Crippen LogP contribution in [0.3, 0.4) is 0 Å². The van der Waals surface area contributed by atoms with Crippen LogP contribution in [0.25, 0.3) is 11.9 Å². The van der Waals surface area contributed by atoms with Crippen molar-refractivity contribution in [1.29, 1.82) is 0 Å². The smallest absolute Gasteiger partial charge is 0.262 e. The molecule has 0 N–H and O–H groups in total. The van der Waals surface area contributed by atoms with Crippen molar-refractivity contribution in [2.45, 2.75) is 4.90 Å². The Morgan fingerprint density at radius 1 is 1.14 bits per heavy atom. The van der Waals surface area contributed by atoms with E-state index in [4.69, 9.17) is 0 Å². The number of halogens is 1. The van der Waals surface area contributed by atoms with Crippen molar-refractivity contribution >= 4 is 18.0 Å². The minimum Gasteiger partial charge on any atom is -0.262 e. The summed E-state index contributed by atoms with van der Waals surface area (Å²) in [6.07, 6.45) is 4.63. The van der Waals surface area contributed by atoms with Gasteiger partial charge in [0.1, 0.15) is 5.82 Å². The molecule has 2 heterocycles. The van der Waals surface area contributed by atoms with Gasteiger partial charge >= 0.3 is 5.69 Å². The first-order chi connectivity index (χ1) is 10.7. The van der Waals surface area contributed by atoms with E-state index in [2.05, 4.69) is 15.4 Å². The van der Waals surface area contributed by atoms with E-state index >= 15 is 0 Å². The Balaban J connectivity index is 1.76. The molecule has 3 rings (SSSR count). The van der Waals surface area contributed by atoms with Crippen molar-refractivity contribution in [2.75, 3.05) is 0 Å². The molecular weight excluding hydrogens is 305 g/mol. The van der Waals surface area contributed by atoms with Gasteiger partial charge in [0.05, 0.1) is 11.9 Å². The molecule has 6 nitrogen and oxygen atoms in total. The molecule has 0 saturated carbocycles. The minimum atomic E-state index is -0.399. The maximum Gasteiger partial charge on any atom is 0.372 e. The molecule has 110 valence electrons. The first-order valence-electron chi connectivity index (χ1n) is 6.28. The highest BCUT2D eigenvalue weighted by molar-refractivity contribution is 8.02. The SMILES string of the molecule is O=c1n(/C=C/Sc2ccc(F)cc2)nnn1-c1cccnc1. The molecule has 0 atom stereocenters. The molecule has 0 aliphatic carbocycles. The third-order valence-corrected chi connectivity index (χ3v) is 3.52. The number of tetrazole rings is 1. The Kier molecular flexibility index (Phi) is 4.10. The van der Waals surface area contributed by atoms with Crippen LogP contribution in [0.1, 0.15) is 0 Å². The van der Waals surface area contributed by atoms with Gasteiger partial charge in [-0.25, -0.2) is 9.18 Å². The van der Waals surface area contributed by atoms with E-state index in [0.717, 1.165) is 14.3 Å². The van der Waals surface area contributed by atoms with Gasteiger partial charge in [-0.05, 0) is 52.2 Å². The monoisotopic (exact) mass is 315 g/mol. The van der Waals surface area contributed by atoms with E-state index in [-0.39, 0.29) is 5.82 Å². The van der Waals surface area contributed by atoms with Crippen LogP contribution in [0.5, 0.6) is 0 Å². The summed E-state index contributed by atoms with van der Waals surface area (Å²) < 4.78 is 15.1. The lowest BCUT2D eigenvalue weighted by Gasteiger charge is -1.95. The van der Waals surface area contributed by atoms with Crippen molar-refractivity contribution in [3.63, 3.8) is 0 Å². The first-order valence-corrected chi connectivity index (χ1v) is 7.16. The molecular formula is C14H10FN5OS. The fraction of sp³-hybridized carbons (Fsp3) is 0. The molecule has 0 amide bonds. The van der Waals surface area contributed by atoms with Gasteiger partial charge < -0.3 is 0 Å². The van der Waals surface area contributed by atoms with Crippen LogP contribution >= 0.6 is 11.8 Å². The van der Waals surface area contributed by atoms with Crippen molar-refractivity contribution in [3.05, 3.63) is 70.5 Å². The van der Waals surface area contributed by atoms with E-state index in [1.807, 2.05) is 0 Å². The zero-order chi connectivity index (χ0) is 15.4. The summed E-state index contributed by atoms with van der Waals surface area (Å²) in [6.45, 7) is 0. The van der Waals surface area contributed by atoms with Crippen molar-refractivity contribution in [1.82, 2.24) is 24.8 Å². The largest absolute Gasteiger partial charge is 0.372 e. The predicted octanol–water partition coefficient (Wildman–Crippen LogP) is 2.18. The summed E-state index contributed by atoms with van der Waals surface area (Å²) in [5.41, 5.74) is 0.141. The molecule has 0 fully saturated rings. The number of aromatic nitrogens is 5. The molecule has 0 saturated heterocycles. The normalized spacial score (nSPS) is 11.1. The Bertz CT molecular complexity index is 842. The Labute approximate surface area is 128 Å². The highest BCUT2D eigenvalue weighted by Gasteiger charge is 2.06. The Morgan fingerprint density at radius 2 is 1.95 bits per heavy atom. The summed E-state index contributed by atoms with van der Waals surface area (Å²) in [7, 11) is 0. The van der Waals surface area contributed by atoms with E-state index in [9.17, 15) is 9.18 Å². The number of hydrogen-bond acceptors (Lipinski definition) is 5. The van der Waals surface area contributed by atoms with Crippen LogP contribution in [0.15, 0.2) is 63.9 Å². The third kappa shape index (κ3) is 3.12. The highest BCUT2D eigenvalue weighted by Crippen LogP contribution is 2.19. The van der Waals surface area contributed by atoms with Gasteiger partial charge in [0.2, 0.25) is 0 Å².